The number of Topliss-reactive ketones (excluding diaryl/α,β-unsaturated/α-hetero) is 2. The van der Waals surface area contributed by atoms with Gasteiger partial charge in [-0.25, -0.2) is 0 Å². The third kappa shape index (κ3) is 2.83. The summed E-state index contributed by atoms with van der Waals surface area (Å²) in [6.45, 7) is 16.4. The van der Waals surface area contributed by atoms with Crippen molar-refractivity contribution in [2.24, 2.45) is 56.2 Å². The number of ketones is 2. The molecule has 184 valence electrons. The maximum absolute atomic E-state index is 14.2. The number of hydrogen-bond acceptors (Lipinski definition) is 3. The largest absolute Gasteiger partial charge is 0.303 e. The van der Waals surface area contributed by atoms with Gasteiger partial charge in [0.1, 0.15) is 17.9 Å². The molecule has 0 radical (unpaired) electrons. The predicted molar refractivity (Wildman–Crippen MR) is 131 cm³/mol. The lowest BCUT2D eigenvalue weighted by molar-refractivity contribution is -0.231. The van der Waals surface area contributed by atoms with E-state index in [4.69, 9.17) is 0 Å². The highest BCUT2D eigenvalue weighted by molar-refractivity contribution is 5.87. The summed E-state index contributed by atoms with van der Waals surface area (Å²) in [5, 5.41) is 0. The van der Waals surface area contributed by atoms with Crippen molar-refractivity contribution in [1.29, 1.82) is 0 Å². The van der Waals surface area contributed by atoms with Crippen LogP contribution in [-0.4, -0.2) is 17.9 Å². The zero-order valence-electron chi connectivity index (χ0n) is 22.2. The van der Waals surface area contributed by atoms with Crippen LogP contribution in [-0.2, 0) is 14.4 Å². The molecule has 0 aromatic carbocycles. The second kappa shape index (κ2) is 6.82. The Hall–Kier alpha value is -0.990. The number of carbonyl (C=O) groups is 3. The van der Waals surface area contributed by atoms with Crippen LogP contribution in [0.5, 0.6) is 0 Å². The second-order valence-corrected chi connectivity index (χ2v) is 15.1. The zero-order valence-corrected chi connectivity index (χ0v) is 22.2. The average Bonchev–Trinajstić information content (AvgIpc) is 2.72. The normalized spacial score (nSPS) is 52.7. The molecule has 0 amide bonds. The first-order valence-corrected chi connectivity index (χ1v) is 13.7. The minimum Gasteiger partial charge on any atom is -0.303 e. The summed E-state index contributed by atoms with van der Waals surface area (Å²) in [4.78, 5) is 39.7. The van der Waals surface area contributed by atoms with Crippen LogP contribution in [0, 0.1) is 56.2 Å². The van der Waals surface area contributed by atoms with E-state index in [1.54, 1.807) is 0 Å². The van der Waals surface area contributed by atoms with E-state index in [0.29, 0.717) is 36.2 Å². The summed E-state index contributed by atoms with van der Waals surface area (Å²) in [6, 6.07) is 0. The summed E-state index contributed by atoms with van der Waals surface area (Å²) in [7, 11) is 0. The summed E-state index contributed by atoms with van der Waals surface area (Å²) < 4.78 is 0. The molecule has 0 aliphatic heterocycles. The van der Waals surface area contributed by atoms with E-state index < -0.39 is 0 Å². The lowest BCUT2D eigenvalue weighted by Crippen LogP contribution is -2.69. The SMILES string of the molecule is CC1(C)CC[C@]2(C=O)CC[C@]3(C)C(C(=O)C[C@@H]4[C@@]5(C)CCC(=O)C(C)(C)[C@@H]5CC[C@]43C)C2C1. The Kier molecular flexibility index (Phi) is 4.90. The fourth-order valence-electron chi connectivity index (χ4n) is 10.8. The molecule has 5 fully saturated rings. The van der Waals surface area contributed by atoms with Gasteiger partial charge in [0.2, 0.25) is 0 Å². The van der Waals surface area contributed by atoms with Gasteiger partial charge in [-0.05, 0) is 90.8 Å². The van der Waals surface area contributed by atoms with Gasteiger partial charge in [0, 0.05) is 29.6 Å². The van der Waals surface area contributed by atoms with Gasteiger partial charge in [0.15, 0.2) is 0 Å². The summed E-state index contributed by atoms with van der Waals surface area (Å²) in [5.41, 5.74) is -0.314. The first-order valence-electron chi connectivity index (χ1n) is 13.7. The molecule has 0 aromatic heterocycles. The van der Waals surface area contributed by atoms with Crippen LogP contribution in [0.3, 0.4) is 0 Å². The van der Waals surface area contributed by atoms with Gasteiger partial charge >= 0.3 is 0 Å². The Labute approximate surface area is 201 Å². The molecule has 0 aromatic rings. The van der Waals surface area contributed by atoms with Crippen LogP contribution in [0.2, 0.25) is 0 Å². The number of rotatable bonds is 1. The Bertz CT molecular complexity index is 900. The summed E-state index contributed by atoms with van der Waals surface area (Å²) in [5.74, 6) is 1.75. The van der Waals surface area contributed by atoms with Crippen LogP contribution in [0.15, 0.2) is 0 Å². The first kappa shape index (κ1) is 23.7. The molecule has 5 aliphatic carbocycles. The molecule has 3 heteroatoms. The van der Waals surface area contributed by atoms with Gasteiger partial charge in [-0.15, -0.1) is 0 Å². The Balaban J connectivity index is 1.59. The van der Waals surface area contributed by atoms with Crippen molar-refractivity contribution in [3.05, 3.63) is 0 Å². The first-order chi connectivity index (χ1) is 15.2. The molecule has 0 bridgehead atoms. The van der Waals surface area contributed by atoms with E-state index in [1.165, 1.54) is 6.29 Å². The van der Waals surface area contributed by atoms with E-state index >= 15 is 0 Å². The quantitative estimate of drug-likeness (QED) is 0.409. The second-order valence-electron chi connectivity index (χ2n) is 15.1. The van der Waals surface area contributed by atoms with E-state index in [2.05, 4.69) is 48.5 Å². The maximum atomic E-state index is 14.2. The van der Waals surface area contributed by atoms with E-state index in [9.17, 15) is 14.4 Å². The number of carbonyl (C=O) groups excluding carboxylic acids is 3. The molecule has 0 heterocycles. The molecule has 2 unspecified atom stereocenters. The molecule has 0 spiro atoms. The lowest BCUT2D eigenvalue weighted by atomic mass is 9.31. The van der Waals surface area contributed by atoms with Gasteiger partial charge in [0.25, 0.3) is 0 Å². The van der Waals surface area contributed by atoms with E-state index in [1.807, 2.05) is 0 Å². The molecule has 0 N–H and O–H groups in total. The highest BCUT2D eigenvalue weighted by Crippen LogP contribution is 2.75. The molecule has 33 heavy (non-hydrogen) atoms. The third-order valence-corrected chi connectivity index (χ3v) is 13.1. The monoisotopic (exact) mass is 454 g/mol. The van der Waals surface area contributed by atoms with Gasteiger partial charge in [-0.3, -0.25) is 9.59 Å². The molecular formula is C30H46O3. The zero-order chi connectivity index (χ0) is 24.2. The van der Waals surface area contributed by atoms with Crippen LogP contribution in [0.25, 0.3) is 0 Å². The Morgan fingerprint density at radius 2 is 1.45 bits per heavy atom. The van der Waals surface area contributed by atoms with Crippen molar-refractivity contribution < 1.29 is 14.4 Å². The van der Waals surface area contributed by atoms with Crippen molar-refractivity contribution in [3.8, 4) is 0 Å². The third-order valence-electron chi connectivity index (χ3n) is 13.1. The Morgan fingerprint density at radius 1 is 0.788 bits per heavy atom. The summed E-state index contributed by atoms with van der Waals surface area (Å²) in [6.07, 6.45) is 10.7. The maximum Gasteiger partial charge on any atom is 0.138 e. The minimum atomic E-state index is -0.293. The highest BCUT2D eigenvalue weighted by atomic mass is 16.1. The molecule has 5 rings (SSSR count). The summed E-state index contributed by atoms with van der Waals surface area (Å²) >= 11 is 0. The van der Waals surface area contributed by atoms with Crippen molar-refractivity contribution in [1.82, 2.24) is 0 Å². The highest BCUT2D eigenvalue weighted by Gasteiger charge is 2.72. The fourth-order valence-corrected chi connectivity index (χ4v) is 10.8. The standard InChI is InChI=1S/C30H46O3/c1-25(2)12-14-30(18-31)15-13-29(7)24(19(30)17-25)20(32)16-22-27(5)10-9-23(33)26(3,4)21(27)8-11-28(22,29)6/h18-19,21-22,24H,8-17H2,1-7H3/t19?,21-,22+,24?,27-,28+,29+,30+/m0/s1. The van der Waals surface area contributed by atoms with Gasteiger partial charge in [-0.1, -0.05) is 48.5 Å². The van der Waals surface area contributed by atoms with Gasteiger partial charge in [0.05, 0.1) is 0 Å². The number of aldehydes is 1. The molecular weight excluding hydrogens is 408 g/mol. The van der Waals surface area contributed by atoms with Crippen molar-refractivity contribution in [2.75, 3.05) is 0 Å². The van der Waals surface area contributed by atoms with Gasteiger partial charge in [-0.2, -0.15) is 0 Å². The van der Waals surface area contributed by atoms with E-state index in [-0.39, 0.29) is 44.3 Å². The fraction of sp³-hybridized carbons (Fsp3) is 0.900. The number of hydrogen-bond donors (Lipinski definition) is 0. The minimum absolute atomic E-state index is 0.00987. The predicted octanol–water partition coefficient (Wildman–Crippen LogP) is 6.82. The smallest absolute Gasteiger partial charge is 0.138 e. The molecule has 0 saturated heterocycles. The van der Waals surface area contributed by atoms with Crippen molar-refractivity contribution in [2.45, 2.75) is 113 Å². The molecule has 3 nitrogen and oxygen atoms in total. The van der Waals surface area contributed by atoms with Crippen LogP contribution in [0.4, 0.5) is 0 Å². The molecule has 5 aliphatic rings. The Morgan fingerprint density at radius 3 is 2.12 bits per heavy atom. The van der Waals surface area contributed by atoms with Crippen LogP contribution in [0.1, 0.15) is 113 Å². The van der Waals surface area contributed by atoms with E-state index in [0.717, 1.165) is 51.4 Å². The molecule has 5 saturated carbocycles. The van der Waals surface area contributed by atoms with Gasteiger partial charge < -0.3 is 4.79 Å². The van der Waals surface area contributed by atoms with Crippen LogP contribution < -0.4 is 0 Å². The molecule has 8 atom stereocenters. The van der Waals surface area contributed by atoms with Crippen molar-refractivity contribution >= 4 is 17.9 Å². The van der Waals surface area contributed by atoms with Crippen LogP contribution >= 0.6 is 0 Å². The number of fused-ring (bicyclic) bond motifs is 7. The topological polar surface area (TPSA) is 51.2 Å². The average molecular weight is 455 g/mol. The van der Waals surface area contributed by atoms with Crippen molar-refractivity contribution in [3.63, 3.8) is 0 Å². The lowest BCUT2D eigenvalue weighted by Gasteiger charge is -2.72.